The van der Waals surface area contributed by atoms with E-state index in [9.17, 15) is 5.11 Å². The summed E-state index contributed by atoms with van der Waals surface area (Å²) in [5.41, 5.74) is 0.753. The molecule has 0 fully saturated rings. The number of hydrogen-bond acceptors (Lipinski definition) is 3. The van der Waals surface area contributed by atoms with Crippen LogP contribution in [-0.4, -0.2) is 29.6 Å². The van der Waals surface area contributed by atoms with Gasteiger partial charge in [0.05, 0.1) is 11.9 Å². The summed E-state index contributed by atoms with van der Waals surface area (Å²) in [4.78, 5) is 0. The molecule has 1 N–H and O–H groups in total. The van der Waals surface area contributed by atoms with Crippen LogP contribution in [0.4, 0.5) is 0 Å². The largest absolute Gasteiger partial charge is 0.504 e. The van der Waals surface area contributed by atoms with Gasteiger partial charge in [0.2, 0.25) is 0 Å². The molecular formula is C10H20N2O2Si. The highest BCUT2D eigenvalue weighted by Crippen LogP contribution is 2.14. The fourth-order valence-corrected chi connectivity index (χ4v) is 1.85. The maximum Gasteiger partial charge on any atom is 0.156 e. The molecule has 0 bridgehead atoms. The quantitative estimate of drug-likeness (QED) is 0.621. The van der Waals surface area contributed by atoms with Crippen LogP contribution in [-0.2, 0) is 11.5 Å². The first-order valence-corrected chi connectivity index (χ1v) is 8.90. The van der Waals surface area contributed by atoms with Crippen LogP contribution < -0.4 is 0 Å². The van der Waals surface area contributed by atoms with Crippen molar-refractivity contribution in [1.29, 1.82) is 0 Å². The molecule has 0 aliphatic heterocycles. The topological polar surface area (TPSA) is 47.3 Å². The third kappa shape index (κ3) is 4.05. The Hall–Kier alpha value is -0.813. The lowest BCUT2D eigenvalue weighted by atomic mass is 10.4. The summed E-state index contributed by atoms with van der Waals surface area (Å²) in [7, 11) is -1.01. The first-order valence-electron chi connectivity index (χ1n) is 5.19. The van der Waals surface area contributed by atoms with Crippen molar-refractivity contribution < 1.29 is 9.84 Å². The van der Waals surface area contributed by atoms with Gasteiger partial charge >= 0.3 is 0 Å². The van der Waals surface area contributed by atoms with Crippen molar-refractivity contribution in [3.05, 3.63) is 11.9 Å². The molecule has 0 radical (unpaired) electrons. The minimum absolute atomic E-state index is 0.226. The number of rotatable bonds is 5. The molecule has 1 aromatic rings. The van der Waals surface area contributed by atoms with Crippen molar-refractivity contribution in [3.8, 4) is 5.75 Å². The maximum atomic E-state index is 9.29. The van der Waals surface area contributed by atoms with Crippen molar-refractivity contribution in [2.45, 2.75) is 39.3 Å². The third-order valence-corrected chi connectivity index (χ3v) is 3.99. The molecule has 1 heterocycles. The summed E-state index contributed by atoms with van der Waals surface area (Å²) in [6.07, 6.45) is 1.44. The average molecular weight is 228 g/mol. The van der Waals surface area contributed by atoms with Gasteiger partial charge in [-0.1, -0.05) is 19.6 Å². The summed E-state index contributed by atoms with van der Waals surface area (Å²) in [5.74, 6) is 0.226. The highest BCUT2D eigenvalue weighted by atomic mass is 28.3. The zero-order valence-electron chi connectivity index (χ0n) is 9.95. The number of ether oxygens (including phenoxy) is 1. The lowest BCUT2D eigenvalue weighted by Gasteiger charge is -2.15. The average Bonchev–Trinajstić information content (AvgIpc) is 2.42. The lowest BCUT2D eigenvalue weighted by Crippen LogP contribution is -2.22. The molecule has 0 unspecified atom stereocenters. The Bertz CT molecular complexity index is 318. The summed E-state index contributed by atoms with van der Waals surface area (Å²) in [6, 6.07) is 1.15. The van der Waals surface area contributed by atoms with E-state index in [-0.39, 0.29) is 5.75 Å². The Morgan fingerprint density at radius 2 is 2.13 bits per heavy atom. The van der Waals surface area contributed by atoms with Crippen LogP contribution in [0, 0.1) is 6.92 Å². The second-order valence-electron chi connectivity index (χ2n) is 4.96. The normalized spacial score (nSPS) is 12.0. The molecule has 0 aromatic carbocycles. The van der Waals surface area contributed by atoms with Gasteiger partial charge in [-0.05, 0) is 13.0 Å². The number of hydrogen-bond donors (Lipinski definition) is 1. The summed E-state index contributed by atoms with van der Waals surface area (Å²) in [5, 5.41) is 13.3. The van der Waals surface area contributed by atoms with Crippen LogP contribution in [0.2, 0.25) is 25.7 Å². The van der Waals surface area contributed by atoms with Crippen molar-refractivity contribution in [2.75, 3.05) is 6.61 Å². The Kier molecular flexibility index (Phi) is 3.93. The Labute approximate surface area is 91.9 Å². The lowest BCUT2D eigenvalue weighted by molar-refractivity contribution is 0.0769. The van der Waals surface area contributed by atoms with Gasteiger partial charge in [0.25, 0.3) is 0 Å². The van der Waals surface area contributed by atoms with E-state index in [4.69, 9.17) is 4.74 Å². The Morgan fingerprint density at radius 1 is 1.47 bits per heavy atom. The molecule has 0 atom stereocenters. The molecule has 0 aliphatic rings. The van der Waals surface area contributed by atoms with E-state index in [2.05, 4.69) is 24.7 Å². The van der Waals surface area contributed by atoms with Gasteiger partial charge in [0.1, 0.15) is 6.73 Å². The van der Waals surface area contributed by atoms with E-state index in [1.165, 1.54) is 6.20 Å². The molecule has 0 saturated heterocycles. The van der Waals surface area contributed by atoms with E-state index in [1.54, 1.807) is 4.68 Å². The van der Waals surface area contributed by atoms with Crippen molar-refractivity contribution >= 4 is 8.07 Å². The second-order valence-corrected chi connectivity index (χ2v) is 10.6. The zero-order valence-corrected chi connectivity index (χ0v) is 10.9. The van der Waals surface area contributed by atoms with Crippen LogP contribution in [0.25, 0.3) is 0 Å². The van der Waals surface area contributed by atoms with E-state index in [0.29, 0.717) is 6.73 Å². The first-order chi connectivity index (χ1) is 6.90. The smallest absolute Gasteiger partial charge is 0.156 e. The number of aromatic hydroxyl groups is 1. The molecule has 86 valence electrons. The first kappa shape index (κ1) is 12.3. The molecule has 4 nitrogen and oxygen atoms in total. The molecule has 0 saturated carbocycles. The number of aromatic nitrogens is 2. The van der Waals surface area contributed by atoms with Gasteiger partial charge in [0.15, 0.2) is 5.75 Å². The fraction of sp³-hybridized carbons (Fsp3) is 0.700. The monoisotopic (exact) mass is 228 g/mol. The summed E-state index contributed by atoms with van der Waals surface area (Å²) >= 11 is 0. The van der Waals surface area contributed by atoms with Crippen LogP contribution >= 0.6 is 0 Å². The van der Waals surface area contributed by atoms with Crippen LogP contribution in [0.1, 0.15) is 5.69 Å². The molecule has 15 heavy (non-hydrogen) atoms. The fourth-order valence-electron chi connectivity index (χ4n) is 1.10. The molecule has 0 aliphatic carbocycles. The number of nitrogens with zero attached hydrogens (tertiary/aromatic N) is 2. The third-order valence-electron chi connectivity index (χ3n) is 2.29. The molecule has 0 amide bonds. The van der Waals surface area contributed by atoms with E-state index >= 15 is 0 Å². The maximum absolute atomic E-state index is 9.29. The molecule has 1 rings (SSSR count). The molecule has 0 spiro atoms. The van der Waals surface area contributed by atoms with Gasteiger partial charge in [0, 0.05) is 14.7 Å². The van der Waals surface area contributed by atoms with E-state index in [0.717, 1.165) is 18.3 Å². The van der Waals surface area contributed by atoms with Crippen LogP contribution in [0.3, 0.4) is 0 Å². The SMILES string of the molecule is Cc1c(O)cnn1COCC[Si](C)(C)C. The highest BCUT2D eigenvalue weighted by molar-refractivity contribution is 6.76. The highest BCUT2D eigenvalue weighted by Gasteiger charge is 2.12. The predicted octanol–water partition coefficient (Wildman–Crippen LogP) is 2.21. The molecule has 5 heteroatoms. The van der Waals surface area contributed by atoms with Gasteiger partial charge in [-0.15, -0.1) is 0 Å². The Morgan fingerprint density at radius 3 is 2.60 bits per heavy atom. The summed E-state index contributed by atoms with van der Waals surface area (Å²) in [6.45, 7) is 9.99. The van der Waals surface area contributed by atoms with Crippen molar-refractivity contribution in [1.82, 2.24) is 9.78 Å². The van der Waals surface area contributed by atoms with Gasteiger partial charge in [-0.2, -0.15) is 5.10 Å². The minimum Gasteiger partial charge on any atom is -0.504 e. The van der Waals surface area contributed by atoms with Crippen LogP contribution in [0.15, 0.2) is 6.20 Å². The van der Waals surface area contributed by atoms with Gasteiger partial charge < -0.3 is 9.84 Å². The molecule has 1 aromatic heterocycles. The zero-order chi connectivity index (χ0) is 11.5. The van der Waals surface area contributed by atoms with Crippen molar-refractivity contribution in [3.63, 3.8) is 0 Å². The minimum atomic E-state index is -1.01. The second kappa shape index (κ2) is 4.81. The van der Waals surface area contributed by atoms with Gasteiger partial charge in [-0.25, -0.2) is 4.68 Å². The van der Waals surface area contributed by atoms with E-state index in [1.807, 2.05) is 6.92 Å². The van der Waals surface area contributed by atoms with Crippen molar-refractivity contribution in [2.24, 2.45) is 0 Å². The predicted molar refractivity (Wildman–Crippen MR) is 62.7 cm³/mol. The molecular weight excluding hydrogens is 208 g/mol. The van der Waals surface area contributed by atoms with E-state index < -0.39 is 8.07 Å². The van der Waals surface area contributed by atoms with Gasteiger partial charge in [-0.3, -0.25) is 0 Å². The summed E-state index contributed by atoms with van der Waals surface area (Å²) < 4.78 is 7.18. The van der Waals surface area contributed by atoms with Crippen LogP contribution in [0.5, 0.6) is 5.75 Å². The standard InChI is InChI=1S/C10H20N2O2Si/c1-9-10(13)7-11-12(9)8-14-5-6-15(2,3)4/h7,13H,5-6,8H2,1-4H3. The Balaban J connectivity index is 2.30.